The van der Waals surface area contributed by atoms with Crippen molar-refractivity contribution in [1.29, 1.82) is 0 Å². The van der Waals surface area contributed by atoms with Gasteiger partial charge in [0.25, 0.3) is 0 Å². The van der Waals surface area contributed by atoms with E-state index in [-0.39, 0.29) is 0 Å². The molecule has 0 unspecified atom stereocenters. The van der Waals surface area contributed by atoms with Gasteiger partial charge in [-0.15, -0.1) is 11.3 Å². The van der Waals surface area contributed by atoms with Crippen LogP contribution in [0.4, 0.5) is 0 Å². The van der Waals surface area contributed by atoms with Gasteiger partial charge in [-0.05, 0) is 17.0 Å². The molecule has 0 aliphatic carbocycles. The lowest BCUT2D eigenvalue weighted by Gasteiger charge is -1.93. The largest absolute Gasteiger partial charge is 0.144 e. The zero-order valence-corrected chi connectivity index (χ0v) is 6.77. The molecule has 0 fully saturated rings. The number of thiophene rings is 1. The third-order valence-electron chi connectivity index (χ3n) is 1.50. The third kappa shape index (κ3) is 1.33. The van der Waals surface area contributed by atoms with Crippen LogP contribution in [0.25, 0.3) is 10.4 Å². The summed E-state index contributed by atoms with van der Waals surface area (Å²) in [5.74, 6) is 0. The molecule has 0 saturated heterocycles. The highest BCUT2D eigenvalue weighted by atomic mass is 32.1. The Morgan fingerprint density at radius 3 is 2.55 bits per heavy atom. The van der Waals surface area contributed by atoms with Gasteiger partial charge in [0.15, 0.2) is 0 Å². The van der Waals surface area contributed by atoms with E-state index < -0.39 is 0 Å². The van der Waals surface area contributed by atoms with Crippen molar-refractivity contribution in [3.05, 3.63) is 47.8 Å². The van der Waals surface area contributed by atoms with E-state index in [4.69, 9.17) is 1.37 Å². The van der Waals surface area contributed by atoms with Crippen LogP contribution in [0.2, 0.25) is 0 Å². The molecule has 0 aliphatic rings. The smallest absolute Gasteiger partial charge is 0.0638 e. The molecule has 2 rings (SSSR count). The van der Waals surface area contributed by atoms with E-state index in [0.29, 0.717) is 6.04 Å². The standard InChI is InChI=1S/C10H8S/c1-2-5-9(6-3-1)10-7-4-8-11-10/h1-8H/i7D. The van der Waals surface area contributed by atoms with Gasteiger partial charge in [-0.25, -0.2) is 0 Å². The van der Waals surface area contributed by atoms with Crippen molar-refractivity contribution in [1.82, 2.24) is 0 Å². The van der Waals surface area contributed by atoms with Crippen LogP contribution in [-0.2, 0) is 0 Å². The van der Waals surface area contributed by atoms with Crippen LogP contribution in [0.3, 0.4) is 0 Å². The van der Waals surface area contributed by atoms with Crippen LogP contribution in [0.5, 0.6) is 0 Å². The minimum absolute atomic E-state index is 0.617. The predicted octanol–water partition coefficient (Wildman–Crippen LogP) is 3.42. The Morgan fingerprint density at radius 1 is 1.09 bits per heavy atom. The van der Waals surface area contributed by atoms with Gasteiger partial charge >= 0.3 is 0 Å². The molecule has 2 aromatic rings. The van der Waals surface area contributed by atoms with E-state index in [1.54, 1.807) is 11.3 Å². The van der Waals surface area contributed by atoms with Crippen molar-refractivity contribution in [3.8, 4) is 10.4 Å². The van der Waals surface area contributed by atoms with Gasteiger partial charge in [0, 0.05) is 4.88 Å². The molecule has 0 atom stereocenters. The summed E-state index contributed by atoms with van der Waals surface area (Å²) in [5.41, 5.74) is 1.14. The van der Waals surface area contributed by atoms with Gasteiger partial charge < -0.3 is 0 Å². The maximum absolute atomic E-state index is 7.60. The number of benzene rings is 1. The van der Waals surface area contributed by atoms with Crippen molar-refractivity contribution in [2.45, 2.75) is 0 Å². The molecule has 0 radical (unpaired) electrons. The first kappa shape index (κ1) is 5.56. The fourth-order valence-corrected chi connectivity index (χ4v) is 1.67. The summed E-state index contributed by atoms with van der Waals surface area (Å²) in [4.78, 5) is 1.05. The Labute approximate surface area is 71.5 Å². The van der Waals surface area contributed by atoms with E-state index in [1.165, 1.54) is 0 Å². The van der Waals surface area contributed by atoms with Crippen LogP contribution in [0.15, 0.2) is 47.8 Å². The number of hydrogen-bond acceptors (Lipinski definition) is 1. The molecule has 0 saturated carbocycles. The zero-order valence-electron chi connectivity index (χ0n) is 6.95. The number of hydrogen-bond donors (Lipinski definition) is 0. The van der Waals surface area contributed by atoms with Crippen LogP contribution in [-0.4, -0.2) is 0 Å². The monoisotopic (exact) mass is 161 g/mol. The first-order valence-electron chi connectivity index (χ1n) is 3.97. The van der Waals surface area contributed by atoms with Crippen molar-refractivity contribution >= 4 is 11.3 Å². The Bertz CT molecular complexity index is 364. The molecule has 0 aliphatic heterocycles. The quantitative estimate of drug-likeness (QED) is 0.601. The summed E-state index contributed by atoms with van der Waals surface area (Å²) in [6.07, 6.45) is 0. The molecule has 0 spiro atoms. The van der Waals surface area contributed by atoms with E-state index in [1.807, 2.05) is 41.8 Å². The fraction of sp³-hybridized carbons (Fsp3) is 0. The third-order valence-corrected chi connectivity index (χ3v) is 2.37. The topological polar surface area (TPSA) is 0 Å². The average molecular weight is 161 g/mol. The van der Waals surface area contributed by atoms with Crippen LogP contribution < -0.4 is 0 Å². The average Bonchev–Trinajstić information content (AvgIpc) is 2.53. The van der Waals surface area contributed by atoms with E-state index >= 15 is 0 Å². The summed E-state index contributed by atoms with van der Waals surface area (Å²) in [6.45, 7) is 0. The fourth-order valence-electron chi connectivity index (χ4n) is 0.987. The zero-order chi connectivity index (χ0) is 8.39. The highest BCUT2D eigenvalue weighted by molar-refractivity contribution is 7.13. The molecule has 1 heteroatoms. The summed E-state index contributed by atoms with van der Waals surface area (Å²) in [7, 11) is 0. The summed E-state index contributed by atoms with van der Waals surface area (Å²) in [5, 5.41) is 1.95. The van der Waals surface area contributed by atoms with E-state index in [0.717, 1.165) is 10.4 Å². The van der Waals surface area contributed by atoms with Crippen LogP contribution >= 0.6 is 11.3 Å². The Hall–Kier alpha value is -1.08. The summed E-state index contributed by atoms with van der Waals surface area (Å²) in [6, 6.07) is 12.5. The highest BCUT2D eigenvalue weighted by Gasteiger charge is 1.93. The predicted molar refractivity (Wildman–Crippen MR) is 49.8 cm³/mol. The van der Waals surface area contributed by atoms with Crippen molar-refractivity contribution in [3.63, 3.8) is 0 Å². The van der Waals surface area contributed by atoms with Crippen molar-refractivity contribution in [2.24, 2.45) is 0 Å². The summed E-state index contributed by atoms with van der Waals surface area (Å²) >= 11 is 1.62. The molecule has 0 bridgehead atoms. The van der Waals surface area contributed by atoms with Crippen molar-refractivity contribution in [2.75, 3.05) is 0 Å². The van der Waals surface area contributed by atoms with Gasteiger partial charge in [-0.2, -0.15) is 0 Å². The van der Waals surface area contributed by atoms with Crippen molar-refractivity contribution < 1.29 is 1.37 Å². The minimum Gasteiger partial charge on any atom is -0.144 e. The molecule has 1 aromatic carbocycles. The molecule has 0 nitrogen and oxygen atoms in total. The first-order valence-corrected chi connectivity index (χ1v) is 4.35. The molecule has 1 heterocycles. The lowest BCUT2D eigenvalue weighted by Crippen LogP contribution is -1.67. The summed E-state index contributed by atoms with van der Waals surface area (Å²) < 4.78 is 7.60. The first-order chi connectivity index (χ1) is 5.88. The van der Waals surface area contributed by atoms with E-state index in [2.05, 4.69) is 0 Å². The maximum atomic E-state index is 7.60. The second-order valence-electron chi connectivity index (χ2n) is 2.26. The lowest BCUT2D eigenvalue weighted by atomic mass is 10.2. The van der Waals surface area contributed by atoms with Gasteiger partial charge in [-0.3, -0.25) is 0 Å². The van der Waals surface area contributed by atoms with Gasteiger partial charge in [0.05, 0.1) is 1.37 Å². The molecule has 54 valence electrons. The van der Waals surface area contributed by atoms with Gasteiger partial charge in [0.1, 0.15) is 0 Å². The van der Waals surface area contributed by atoms with Gasteiger partial charge in [-0.1, -0.05) is 36.4 Å². The second kappa shape index (κ2) is 2.89. The molecular formula is C10H8S. The second-order valence-corrected chi connectivity index (χ2v) is 3.18. The van der Waals surface area contributed by atoms with Crippen LogP contribution in [0.1, 0.15) is 1.37 Å². The normalized spacial score (nSPS) is 11.1. The van der Waals surface area contributed by atoms with Gasteiger partial charge in [0.2, 0.25) is 0 Å². The Balaban J connectivity index is 2.51. The molecule has 1 aromatic heterocycles. The molecular weight excluding hydrogens is 152 g/mol. The minimum atomic E-state index is 0.617. The molecule has 11 heavy (non-hydrogen) atoms. The SMILES string of the molecule is [2H]c1ccsc1-c1ccccc1. The Kier molecular flexibility index (Phi) is 1.46. The lowest BCUT2D eigenvalue weighted by molar-refractivity contribution is 1.70. The maximum Gasteiger partial charge on any atom is 0.0638 e. The molecule has 0 amide bonds. The molecule has 0 N–H and O–H groups in total. The van der Waals surface area contributed by atoms with Crippen LogP contribution in [0, 0.1) is 0 Å². The Morgan fingerprint density at radius 2 is 1.91 bits per heavy atom. The highest BCUT2D eigenvalue weighted by Crippen LogP contribution is 2.23. The van der Waals surface area contributed by atoms with E-state index in [9.17, 15) is 0 Å². The number of rotatable bonds is 1.